The highest BCUT2D eigenvalue weighted by atomic mass is 16.8. The summed E-state index contributed by atoms with van der Waals surface area (Å²) in [6, 6.07) is 9.42. The second-order valence-corrected chi connectivity index (χ2v) is 11.9. The maximum Gasteiger partial charge on any atom is 0.338 e. The Hall–Kier alpha value is -4.67. The van der Waals surface area contributed by atoms with Gasteiger partial charge in [0.25, 0.3) is 0 Å². The van der Waals surface area contributed by atoms with E-state index in [4.69, 9.17) is 28.4 Å². The van der Waals surface area contributed by atoms with Crippen molar-refractivity contribution in [1.82, 2.24) is 0 Å². The van der Waals surface area contributed by atoms with Crippen LogP contribution in [-0.2, 0) is 33.3 Å². The highest BCUT2D eigenvalue weighted by molar-refractivity contribution is 5.90. The first-order chi connectivity index (χ1) is 22.8. The van der Waals surface area contributed by atoms with Crippen molar-refractivity contribution in [1.29, 1.82) is 0 Å². The van der Waals surface area contributed by atoms with Gasteiger partial charge < -0.3 is 59.1 Å². The van der Waals surface area contributed by atoms with Gasteiger partial charge in [-0.25, -0.2) is 14.4 Å². The van der Waals surface area contributed by atoms with Crippen LogP contribution < -0.4 is 4.74 Å². The Morgan fingerprint density at radius 2 is 1.77 bits per heavy atom. The molecule has 2 aromatic carbocycles. The number of benzene rings is 2. The number of carboxylic acids is 1. The summed E-state index contributed by atoms with van der Waals surface area (Å²) in [5.41, 5.74) is -0.995. The number of carbonyl (C=O) groups excluding carboxylic acids is 2. The van der Waals surface area contributed by atoms with Crippen LogP contribution in [0.4, 0.5) is 0 Å². The number of esters is 2. The lowest BCUT2D eigenvalue weighted by molar-refractivity contribution is -0.345. The molecule has 0 bridgehead atoms. The van der Waals surface area contributed by atoms with Crippen LogP contribution in [0.15, 0.2) is 60.4 Å². The maximum absolute atomic E-state index is 13.0. The average Bonchev–Trinajstić information content (AvgIpc) is 3.38. The molecule has 2 aromatic rings. The average molecular weight is 673 g/mol. The van der Waals surface area contributed by atoms with Gasteiger partial charge in [-0.15, -0.1) is 0 Å². The Balaban J connectivity index is 1.35. The Bertz CT molecular complexity index is 1570. The second-order valence-electron chi connectivity index (χ2n) is 11.9. The molecule has 2 heterocycles. The van der Waals surface area contributed by atoms with Crippen LogP contribution in [0.2, 0.25) is 0 Å². The Morgan fingerprint density at radius 1 is 1.04 bits per heavy atom. The van der Waals surface area contributed by atoms with Gasteiger partial charge in [0.15, 0.2) is 17.6 Å². The number of aliphatic hydroxyl groups excluding tert-OH is 2. The number of aromatic hydroxyl groups is 2. The smallest absolute Gasteiger partial charge is 0.338 e. The standard InChI is InChI=1S/C33H36O15/c1-33(42)12-11-19-20(29(39)40)14-45-31(25(19)33)48-32-28(47-30(41)17-5-7-18(34)8-6-17)27(38)26(37)23(46-32)15-44-24(36)10-4-16-3-9-21(35)22(13-16)43-2/h3-10,13-14,19,23,25-28,31-32,34-35,37-38,42H,11-12,15H2,1-2H3,(H,39,40)/b10-4+/t19-,23-,25-,26-,27+,28-,31+,32+,33+/m1/s1. The first-order valence-electron chi connectivity index (χ1n) is 15.0. The van der Waals surface area contributed by atoms with Gasteiger partial charge in [-0.05, 0) is 67.8 Å². The molecular formula is C33H36O15. The molecule has 258 valence electrons. The lowest BCUT2D eigenvalue weighted by Gasteiger charge is -2.45. The van der Waals surface area contributed by atoms with Crippen LogP contribution in [0.1, 0.15) is 35.7 Å². The maximum atomic E-state index is 13.0. The third kappa shape index (κ3) is 7.40. The van der Waals surface area contributed by atoms with E-state index in [-0.39, 0.29) is 34.8 Å². The van der Waals surface area contributed by atoms with Gasteiger partial charge >= 0.3 is 17.9 Å². The van der Waals surface area contributed by atoms with E-state index in [1.54, 1.807) is 0 Å². The lowest BCUT2D eigenvalue weighted by atomic mass is 9.81. The summed E-state index contributed by atoms with van der Waals surface area (Å²) < 4.78 is 33.4. The molecule has 15 nitrogen and oxygen atoms in total. The highest BCUT2D eigenvalue weighted by Crippen LogP contribution is 2.49. The summed E-state index contributed by atoms with van der Waals surface area (Å²) in [5, 5.41) is 62.2. The molecule has 0 amide bonds. The topological polar surface area (TPSA) is 228 Å². The molecule has 15 heteroatoms. The van der Waals surface area contributed by atoms with Crippen molar-refractivity contribution in [3.63, 3.8) is 0 Å². The van der Waals surface area contributed by atoms with E-state index in [2.05, 4.69) is 0 Å². The van der Waals surface area contributed by atoms with Crippen molar-refractivity contribution < 1.29 is 73.4 Å². The number of hydrogen-bond acceptors (Lipinski definition) is 14. The number of phenolic OH excluding ortho intramolecular Hbond substituents is 2. The fourth-order valence-electron chi connectivity index (χ4n) is 6.07. The number of methoxy groups -OCH3 is 1. The zero-order chi connectivity index (χ0) is 34.7. The molecule has 2 fully saturated rings. The zero-order valence-electron chi connectivity index (χ0n) is 25.9. The molecular weight excluding hydrogens is 636 g/mol. The SMILES string of the molecule is COc1cc(/C=C/C(=O)OC[C@H]2O[C@@H](O[C@@H]3OC=C(C(=O)O)[C@H]4CC[C@](C)(O)[C@@H]34)[C@H](OC(=O)c3ccc(O)cc3)[C@@H](O)[C@@H]2O)ccc1O. The van der Waals surface area contributed by atoms with Crippen molar-refractivity contribution in [3.8, 4) is 17.2 Å². The number of hydrogen-bond donors (Lipinski definition) is 6. The molecule has 0 radical (unpaired) electrons. The van der Waals surface area contributed by atoms with E-state index in [1.807, 2.05) is 0 Å². The third-order valence-corrected chi connectivity index (χ3v) is 8.65. The van der Waals surface area contributed by atoms with Crippen molar-refractivity contribution in [2.45, 2.75) is 62.4 Å². The molecule has 6 N–H and O–H groups in total. The normalized spacial score (nSPS) is 31.3. The lowest BCUT2D eigenvalue weighted by Crippen LogP contribution is -2.62. The number of phenols is 2. The van der Waals surface area contributed by atoms with Crippen LogP contribution in [0.25, 0.3) is 6.08 Å². The van der Waals surface area contributed by atoms with Gasteiger partial charge in [-0.1, -0.05) is 6.07 Å². The summed E-state index contributed by atoms with van der Waals surface area (Å²) in [6.45, 7) is 0.923. The van der Waals surface area contributed by atoms with Crippen molar-refractivity contribution in [2.75, 3.05) is 13.7 Å². The van der Waals surface area contributed by atoms with E-state index in [9.17, 15) is 45.0 Å². The first kappa shape index (κ1) is 34.7. The number of rotatable bonds is 10. The van der Waals surface area contributed by atoms with Gasteiger partial charge in [0.2, 0.25) is 12.6 Å². The van der Waals surface area contributed by atoms with Gasteiger partial charge in [0.05, 0.1) is 36.0 Å². The number of ether oxygens (including phenoxy) is 6. The number of carbonyl (C=O) groups is 3. The van der Waals surface area contributed by atoms with E-state index in [0.29, 0.717) is 12.0 Å². The fourth-order valence-corrected chi connectivity index (χ4v) is 6.07. The van der Waals surface area contributed by atoms with Gasteiger partial charge in [0, 0.05) is 12.0 Å². The summed E-state index contributed by atoms with van der Waals surface area (Å²) in [5.74, 6) is -4.63. The van der Waals surface area contributed by atoms with E-state index in [0.717, 1.165) is 12.3 Å². The molecule has 3 aliphatic rings. The fraction of sp³-hybridized carbons (Fsp3) is 0.424. The molecule has 1 aliphatic carbocycles. The van der Waals surface area contributed by atoms with Crippen molar-refractivity contribution in [3.05, 3.63) is 71.5 Å². The first-order valence-corrected chi connectivity index (χ1v) is 15.0. The van der Waals surface area contributed by atoms with Crippen LogP contribution in [0.5, 0.6) is 17.2 Å². The molecule has 1 saturated carbocycles. The molecule has 9 atom stereocenters. The number of aliphatic hydroxyl groups is 3. The number of aliphatic carboxylic acids is 1. The molecule has 5 rings (SSSR count). The minimum atomic E-state index is -1.85. The summed E-state index contributed by atoms with van der Waals surface area (Å²) in [7, 11) is 1.37. The van der Waals surface area contributed by atoms with Crippen molar-refractivity contribution >= 4 is 24.0 Å². The second kappa shape index (κ2) is 14.2. The highest BCUT2D eigenvalue weighted by Gasteiger charge is 2.56. The molecule has 1 saturated heterocycles. The summed E-state index contributed by atoms with van der Waals surface area (Å²) >= 11 is 0. The quantitative estimate of drug-likeness (QED) is 0.155. The third-order valence-electron chi connectivity index (χ3n) is 8.65. The van der Waals surface area contributed by atoms with Crippen LogP contribution in [0, 0.1) is 11.8 Å². The Kier molecular flexibility index (Phi) is 10.3. The van der Waals surface area contributed by atoms with Crippen LogP contribution in [-0.4, -0.2) is 105 Å². The van der Waals surface area contributed by atoms with E-state index in [1.165, 1.54) is 62.6 Å². The molecule has 0 aromatic heterocycles. The van der Waals surface area contributed by atoms with Gasteiger partial charge in [-0.2, -0.15) is 0 Å². The summed E-state index contributed by atoms with van der Waals surface area (Å²) in [6.07, 6.45) is -5.68. The minimum absolute atomic E-state index is 0.0101. The number of fused-ring (bicyclic) bond motifs is 1. The Labute approximate surface area is 274 Å². The number of carboxylic acid groups (broad SMARTS) is 1. The molecule has 2 aliphatic heterocycles. The van der Waals surface area contributed by atoms with Crippen LogP contribution >= 0.6 is 0 Å². The van der Waals surface area contributed by atoms with Gasteiger partial charge in [0.1, 0.15) is 30.7 Å². The van der Waals surface area contributed by atoms with Gasteiger partial charge in [-0.3, -0.25) is 0 Å². The summed E-state index contributed by atoms with van der Waals surface area (Å²) in [4.78, 5) is 37.4. The monoisotopic (exact) mass is 672 g/mol. The van der Waals surface area contributed by atoms with Crippen LogP contribution in [0.3, 0.4) is 0 Å². The predicted molar refractivity (Wildman–Crippen MR) is 161 cm³/mol. The van der Waals surface area contributed by atoms with E-state index >= 15 is 0 Å². The Morgan fingerprint density at radius 3 is 2.46 bits per heavy atom. The minimum Gasteiger partial charge on any atom is -0.508 e. The van der Waals surface area contributed by atoms with Crippen molar-refractivity contribution in [2.24, 2.45) is 11.8 Å². The predicted octanol–water partition coefficient (Wildman–Crippen LogP) is 1.45. The molecule has 0 spiro atoms. The van der Waals surface area contributed by atoms with E-state index < -0.39 is 78.9 Å². The largest absolute Gasteiger partial charge is 0.508 e. The zero-order valence-corrected chi connectivity index (χ0v) is 25.9. The molecule has 0 unspecified atom stereocenters. The molecule has 48 heavy (non-hydrogen) atoms.